The summed E-state index contributed by atoms with van der Waals surface area (Å²) in [5, 5.41) is 3.52. The van der Waals surface area contributed by atoms with Gasteiger partial charge in [-0.15, -0.1) is 0 Å². The van der Waals surface area contributed by atoms with E-state index in [9.17, 15) is 0 Å². The van der Waals surface area contributed by atoms with Crippen LogP contribution in [0.4, 0.5) is 0 Å². The Morgan fingerprint density at radius 2 is 1.67 bits per heavy atom. The van der Waals surface area contributed by atoms with E-state index in [1.807, 2.05) is 0 Å². The summed E-state index contributed by atoms with van der Waals surface area (Å²) in [6.07, 6.45) is 13.3. The number of hydrogen-bond acceptors (Lipinski definition) is 2. The Bertz CT molecular complexity index is 250. The third-order valence-corrected chi connectivity index (χ3v) is 5.67. The second kappa shape index (κ2) is 5.92. The van der Waals surface area contributed by atoms with E-state index < -0.39 is 0 Å². The normalized spacial score (nSPS) is 30.7. The van der Waals surface area contributed by atoms with Gasteiger partial charge in [0.25, 0.3) is 0 Å². The fourth-order valence-corrected chi connectivity index (χ4v) is 4.46. The lowest BCUT2D eigenvalue weighted by Crippen LogP contribution is -2.39. The van der Waals surface area contributed by atoms with Crippen LogP contribution >= 0.6 is 0 Å². The van der Waals surface area contributed by atoms with E-state index in [1.165, 1.54) is 90.5 Å². The second-order valence-corrected chi connectivity index (χ2v) is 7.09. The summed E-state index contributed by atoms with van der Waals surface area (Å²) < 4.78 is 0. The molecule has 0 amide bonds. The van der Waals surface area contributed by atoms with E-state index in [1.54, 1.807) is 0 Å². The van der Waals surface area contributed by atoms with Crippen molar-refractivity contribution in [3.8, 4) is 0 Å². The minimum atomic E-state index is 0.704. The molecule has 2 heteroatoms. The Balaban J connectivity index is 1.49. The van der Waals surface area contributed by atoms with Crippen LogP contribution in [0.2, 0.25) is 0 Å². The van der Waals surface area contributed by atoms with Crippen LogP contribution in [0, 0.1) is 11.3 Å². The lowest BCUT2D eigenvalue weighted by Gasteiger charge is -2.34. The molecular formula is C16H30N2. The number of piperidine rings is 1. The zero-order chi connectivity index (χ0) is 12.3. The Morgan fingerprint density at radius 3 is 2.39 bits per heavy atom. The smallest absolute Gasteiger partial charge is 0.00395 e. The molecule has 1 N–H and O–H groups in total. The molecule has 2 heterocycles. The molecule has 2 saturated heterocycles. The van der Waals surface area contributed by atoms with Crippen molar-refractivity contribution in [1.82, 2.24) is 10.2 Å². The zero-order valence-electron chi connectivity index (χ0n) is 11.9. The maximum atomic E-state index is 3.52. The molecule has 104 valence electrons. The topological polar surface area (TPSA) is 15.3 Å². The molecule has 1 aliphatic carbocycles. The van der Waals surface area contributed by atoms with Crippen LogP contribution in [0.1, 0.15) is 57.8 Å². The van der Waals surface area contributed by atoms with Gasteiger partial charge in [-0.05, 0) is 63.1 Å². The van der Waals surface area contributed by atoms with Crippen LogP contribution in [-0.4, -0.2) is 37.6 Å². The minimum absolute atomic E-state index is 0.704. The van der Waals surface area contributed by atoms with Crippen molar-refractivity contribution in [3.05, 3.63) is 0 Å². The van der Waals surface area contributed by atoms with Crippen molar-refractivity contribution in [1.29, 1.82) is 0 Å². The SMILES string of the molecule is C1CCCC(CN2CCC3(CCNCC3)C2)CC1. The largest absolute Gasteiger partial charge is 0.317 e. The molecule has 0 aromatic rings. The average Bonchev–Trinajstić information content (AvgIpc) is 2.62. The number of nitrogens with one attached hydrogen (secondary N) is 1. The highest BCUT2D eigenvalue weighted by atomic mass is 15.2. The first kappa shape index (κ1) is 12.9. The van der Waals surface area contributed by atoms with E-state index in [0.717, 1.165) is 5.92 Å². The van der Waals surface area contributed by atoms with Gasteiger partial charge in [0.05, 0.1) is 0 Å². The highest BCUT2D eigenvalue weighted by molar-refractivity contribution is 4.93. The van der Waals surface area contributed by atoms with Crippen LogP contribution in [0.3, 0.4) is 0 Å². The summed E-state index contributed by atoms with van der Waals surface area (Å²) in [7, 11) is 0. The Hall–Kier alpha value is -0.0800. The predicted molar refractivity (Wildman–Crippen MR) is 76.8 cm³/mol. The van der Waals surface area contributed by atoms with Crippen molar-refractivity contribution < 1.29 is 0 Å². The molecule has 3 fully saturated rings. The van der Waals surface area contributed by atoms with Gasteiger partial charge in [-0.3, -0.25) is 0 Å². The van der Waals surface area contributed by atoms with Gasteiger partial charge in [-0.25, -0.2) is 0 Å². The van der Waals surface area contributed by atoms with Crippen molar-refractivity contribution in [2.24, 2.45) is 11.3 Å². The summed E-state index contributed by atoms with van der Waals surface area (Å²) in [5.74, 6) is 1.02. The molecule has 0 radical (unpaired) electrons. The number of hydrogen-bond donors (Lipinski definition) is 1. The van der Waals surface area contributed by atoms with Gasteiger partial charge >= 0.3 is 0 Å². The lowest BCUT2D eigenvalue weighted by molar-refractivity contribution is 0.181. The summed E-state index contributed by atoms with van der Waals surface area (Å²) in [5.41, 5.74) is 0.704. The molecule has 18 heavy (non-hydrogen) atoms. The fourth-order valence-electron chi connectivity index (χ4n) is 4.46. The molecule has 2 aliphatic heterocycles. The van der Waals surface area contributed by atoms with Gasteiger partial charge in [-0.2, -0.15) is 0 Å². The maximum absolute atomic E-state index is 3.52. The van der Waals surface area contributed by atoms with Crippen molar-refractivity contribution in [2.45, 2.75) is 57.8 Å². The second-order valence-electron chi connectivity index (χ2n) is 7.09. The molecule has 0 unspecified atom stereocenters. The number of nitrogens with zero attached hydrogens (tertiary/aromatic N) is 1. The summed E-state index contributed by atoms with van der Waals surface area (Å²) in [6.45, 7) is 6.73. The molecule has 1 spiro atoms. The van der Waals surface area contributed by atoms with E-state index >= 15 is 0 Å². The van der Waals surface area contributed by atoms with Crippen molar-refractivity contribution in [3.63, 3.8) is 0 Å². The highest BCUT2D eigenvalue weighted by Gasteiger charge is 2.39. The van der Waals surface area contributed by atoms with Gasteiger partial charge in [-0.1, -0.05) is 25.7 Å². The third-order valence-electron chi connectivity index (χ3n) is 5.67. The Labute approximate surface area is 113 Å². The number of likely N-dealkylation sites (tertiary alicyclic amines) is 1. The van der Waals surface area contributed by atoms with Crippen molar-refractivity contribution in [2.75, 3.05) is 32.7 Å². The van der Waals surface area contributed by atoms with Crippen LogP contribution < -0.4 is 5.32 Å². The Kier molecular flexibility index (Phi) is 4.25. The van der Waals surface area contributed by atoms with Gasteiger partial charge in [0, 0.05) is 13.1 Å². The summed E-state index contributed by atoms with van der Waals surface area (Å²) in [4.78, 5) is 2.81. The monoisotopic (exact) mass is 250 g/mol. The van der Waals surface area contributed by atoms with Gasteiger partial charge in [0.15, 0.2) is 0 Å². The van der Waals surface area contributed by atoms with Gasteiger partial charge < -0.3 is 10.2 Å². The fraction of sp³-hybridized carbons (Fsp3) is 1.00. The zero-order valence-corrected chi connectivity index (χ0v) is 11.9. The molecule has 1 saturated carbocycles. The highest BCUT2D eigenvalue weighted by Crippen LogP contribution is 2.39. The maximum Gasteiger partial charge on any atom is 0.00395 e. The minimum Gasteiger partial charge on any atom is -0.317 e. The van der Waals surface area contributed by atoms with Crippen molar-refractivity contribution >= 4 is 0 Å². The van der Waals surface area contributed by atoms with Crippen LogP contribution in [0.15, 0.2) is 0 Å². The van der Waals surface area contributed by atoms with Gasteiger partial charge in [0.2, 0.25) is 0 Å². The van der Waals surface area contributed by atoms with E-state index in [2.05, 4.69) is 10.2 Å². The average molecular weight is 250 g/mol. The predicted octanol–water partition coefficient (Wildman–Crippen LogP) is 3.03. The van der Waals surface area contributed by atoms with E-state index in [4.69, 9.17) is 0 Å². The third kappa shape index (κ3) is 3.08. The molecule has 0 aromatic carbocycles. The van der Waals surface area contributed by atoms with E-state index in [-0.39, 0.29) is 0 Å². The molecule has 0 atom stereocenters. The summed E-state index contributed by atoms with van der Waals surface area (Å²) >= 11 is 0. The van der Waals surface area contributed by atoms with E-state index in [0.29, 0.717) is 5.41 Å². The first-order valence-corrected chi connectivity index (χ1v) is 8.29. The first-order chi connectivity index (χ1) is 8.86. The van der Waals surface area contributed by atoms with Gasteiger partial charge in [0.1, 0.15) is 0 Å². The van der Waals surface area contributed by atoms with Crippen LogP contribution in [0.25, 0.3) is 0 Å². The number of rotatable bonds is 2. The molecule has 0 aromatic heterocycles. The molecule has 3 rings (SSSR count). The standard InChI is InChI=1S/C16H30N2/c1-2-4-6-15(5-3-1)13-18-12-9-16(14-18)7-10-17-11-8-16/h15,17H,1-14H2. The molecular weight excluding hydrogens is 220 g/mol. The first-order valence-electron chi connectivity index (χ1n) is 8.29. The Morgan fingerprint density at radius 1 is 0.944 bits per heavy atom. The van der Waals surface area contributed by atoms with Crippen LogP contribution in [0.5, 0.6) is 0 Å². The molecule has 2 nitrogen and oxygen atoms in total. The molecule has 0 bridgehead atoms. The lowest BCUT2D eigenvalue weighted by atomic mass is 9.78. The van der Waals surface area contributed by atoms with Crippen LogP contribution in [-0.2, 0) is 0 Å². The quantitative estimate of drug-likeness (QED) is 0.758. The summed E-state index contributed by atoms with van der Waals surface area (Å²) in [6, 6.07) is 0. The molecule has 3 aliphatic rings.